The Bertz CT molecular complexity index is 2870. The van der Waals surface area contributed by atoms with E-state index in [0.717, 1.165) is 49.4 Å². The molecule has 73 heavy (non-hydrogen) atoms. The summed E-state index contributed by atoms with van der Waals surface area (Å²) >= 11 is 6.58. The largest absolute Gasteiger partial charge is 0.480 e. The van der Waals surface area contributed by atoms with Crippen molar-refractivity contribution in [3.05, 3.63) is 200 Å². The van der Waals surface area contributed by atoms with E-state index in [9.17, 15) is 19.2 Å². The molecule has 0 saturated heterocycles. The van der Waals surface area contributed by atoms with Crippen molar-refractivity contribution in [2.24, 2.45) is 5.73 Å². The molecular weight excluding hydrogens is 1060 g/mol. The lowest BCUT2D eigenvalue weighted by molar-refractivity contribution is -0.139. The number of hydrogen-bond donors (Lipinski definition) is 5. The second kappa shape index (κ2) is 30.5. The Morgan fingerprint density at radius 3 is 1.42 bits per heavy atom. The first-order valence-electron chi connectivity index (χ1n) is 22.5. The van der Waals surface area contributed by atoms with E-state index in [-0.39, 0.29) is 48.8 Å². The number of halogens is 1. The number of hydrogen-bond acceptors (Lipinski definition) is 13. The molecule has 4 aromatic heterocycles. The maximum atomic E-state index is 13.5. The van der Waals surface area contributed by atoms with Crippen LogP contribution in [0.3, 0.4) is 0 Å². The van der Waals surface area contributed by atoms with Crippen molar-refractivity contribution < 1.29 is 33.8 Å². The van der Waals surface area contributed by atoms with Crippen LogP contribution >= 0.6 is 62.3 Å². The number of carboxylic acids is 1. The molecule has 4 heterocycles. The molecule has 0 radical (unpaired) electrons. The standard InChI is InChI=1S/C27H27N3O3S2.C16H16N2S2.C11H13NO4.CH4.BrH/c1-18-10-12-20(13-11-18)15-21(23-17-35-26(29-23)24-9-6-14-34-24)28-25(31)22(30-27(32)33-2)16-19-7-4-3-5-8-19;1-11-4-6-12(7-5-11)9-13(17)14-10-20-16(18-14)15-3-2-8-19-15;1-16-11(15)12-9(10(13)14)7-8-5-3-2-4-6-8;;/h3-14,17,21-22H,15-16H2,1-2H3,(H,28,31)(H,30,32);2-8,10,13H,9,17H2,1H3;2-6,9H,7H2,1H3,(H,12,15)(H,13,14);1H4;1H/t21-,22+;13-;9-;;/m001../s1. The van der Waals surface area contributed by atoms with Gasteiger partial charge in [-0.3, -0.25) is 4.79 Å². The van der Waals surface area contributed by atoms with Crippen LogP contribution in [0.2, 0.25) is 0 Å². The molecule has 0 unspecified atom stereocenters. The Balaban J connectivity index is 0.000000258. The molecule has 0 fully saturated rings. The average Bonchev–Trinajstić information content (AvgIpc) is 4.25. The SMILES string of the molecule is Br.C.COC(=O)N[C@H](Cc1ccccc1)C(=O)N[C@@H](Cc1ccc(C)cc1)c1csc(-c2cccs2)n1.COC(=O)N[C@H](Cc1ccccc1)C(=O)O.Cc1ccc(C[C@H](N)c2csc(-c3cccs3)n2)cc1. The minimum atomic E-state index is -1.09. The molecule has 0 bridgehead atoms. The number of carbonyl (C=O) groups excluding carboxylic acids is 3. The van der Waals surface area contributed by atoms with Crippen LogP contribution in [0.4, 0.5) is 9.59 Å². The van der Waals surface area contributed by atoms with Gasteiger partial charge >= 0.3 is 18.2 Å². The number of thiophene rings is 2. The molecule has 13 nitrogen and oxygen atoms in total. The van der Waals surface area contributed by atoms with Crippen LogP contribution in [0.1, 0.15) is 64.3 Å². The summed E-state index contributed by atoms with van der Waals surface area (Å²) in [5.41, 5.74) is 14.6. The molecule has 18 heteroatoms. The molecule has 0 aliphatic heterocycles. The minimum absolute atomic E-state index is 0. The Labute approximate surface area is 453 Å². The molecule has 0 aliphatic carbocycles. The van der Waals surface area contributed by atoms with Gasteiger partial charge in [0.1, 0.15) is 22.1 Å². The fourth-order valence-electron chi connectivity index (χ4n) is 6.99. The number of carboxylic acid groups (broad SMARTS) is 1. The lowest BCUT2D eigenvalue weighted by Crippen LogP contribution is -2.49. The first-order valence-corrected chi connectivity index (χ1v) is 26.0. The summed E-state index contributed by atoms with van der Waals surface area (Å²) < 4.78 is 9.13. The molecule has 0 aliphatic rings. The number of nitrogens with two attached hydrogens (primary N) is 1. The van der Waals surface area contributed by atoms with E-state index < -0.39 is 30.2 Å². The number of benzene rings is 4. The topological polar surface area (TPSA) is 195 Å². The first kappa shape index (κ1) is 59.0. The highest BCUT2D eigenvalue weighted by atomic mass is 79.9. The molecule has 0 saturated carbocycles. The summed E-state index contributed by atoms with van der Waals surface area (Å²) in [5.74, 6) is -1.38. The molecule has 4 aromatic carbocycles. The summed E-state index contributed by atoms with van der Waals surface area (Å²) in [6.07, 6.45) is 0.583. The smallest absolute Gasteiger partial charge is 0.407 e. The van der Waals surface area contributed by atoms with Crippen molar-refractivity contribution in [1.82, 2.24) is 25.9 Å². The van der Waals surface area contributed by atoms with E-state index >= 15 is 0 Å². The van der Waals surface area contributed by atoms with Crippen molar-refractivity contribution in [2.45, 2.75) is 71.1 Å². The average molecular weight is 1130 g/mol. The van der Waals surface area contributed by atoms with Crippen molar-refractivity contribution in [3.63, 3.8) is 0 Å². The molecule has 6 N–H and O–H groups in total. The zero-order valence-corrected chi connectivity index (χ0v) is 45.0. The predicted octanol–water partition coefficient (Wildman–Crippen LogP) is 12.2. The third-order valence-corrected chi connectivity index (χ3v) is 14.6. The number of carbonyl (C=O) groups is 4. The molecular formula is C55H61BrN6O7S4. The van der Waals surface area contributed by atoms with Gasteiger partial charge in [0.15, 0.2) is 0 Å². The molecule has 8 aromatic rings. The van der Waals surface area contributed by atoms with Crippen LogP contribution in [-0.4, -0.2) is 65.4 Å². The number of ether oxygens (including phenoxy) is 2. The van der Waals surface area contributed by atoms with Crippen molar-refractivity contribution in [3.8, 4) is 19.8 Å². The molecule has 0 spiro atoms. The highest BCUT2D eigenvalue weighted by Crippen LogP contribution is 2.32. The van der Waals surface area contributed by atoms with E-state index in [1.807, 2.05) is 84.4 Å². The van der Waals surface area contributed by atoms with Crippen LogP contribution in [0.5, 0.6) is 0 Å². The monoisotopic (exact) mass is 1120 g/mol. The van der Waals surface area contributed by atoms with Crippen molar-refractivity contribution >= 4 is 86.4 Å². The van der Waals surface area contributed by atoms with E-state index in [4.69, 9.17) is 20.6 Å². The third kappa shape index (κ3) is 19.1. The zero-order chi connectivity index (χ0) is 50.5. The highest BCUT2D eigenvalue weighted by Gasteiger charge is 2.27. The second-order valence-corrected chi connectivity index (χ2v) is 19.9. The van der Waals surface area contributed by atoms with E-state index in [1.165, 1.54) is 35.8 Å². The summed E-state index contributed by atoms with van der Waals surface area (Å²) in [5, 5.41) is 27.1. The number of nitrogens with zero attached hydrogens (tertiary/aromatic N) is 2. The van der Waals surface area contributed by atoms with Crippen LogP contribution in [0.25, 0.3) is 19.8 Å². The van der Waals surface area contributed by atoms with Gasteiger partial charge in [0.25, 0.3) is 0 Å². The van der Waals surface area contributed by atoms with Crippen LogP contribution in [-0.2, 0) is 44.7 Å². The van der Waals surface area contributed by atoms with E-state index in [2.05, 4.69) is 98.0 Å². The Morgan fingerprint density at radius 1 is 0.548 bits per heavy atom. The summed E-state index contributed by atoms with van der Waals surface area (Å²) in [6, 6.07) is 41.4. The number of aliphatic carboxylic acids is 1. The van der Waals surface area contributed by atoms with Gasteiger partial charge in [0, 0.05) is 23.6 Å². The number of amides is 3. The minimum Gasteiger partial charge on any atom is -0.480 e. The number of aryl methyl sites for hydroxylation is 2. The van der Waals surface area contributed by atoms with Gasteiger partial charge in [-0.1, -0.05) is 140 Å². The van der Waals surface area contributed by atoms with E-state index in [0.29, 0.717) is 12.8 Å². The summed E-state index contributed by atoms with van der Waals surface area (Å²) in [6.45, 7) is 4.14. The molecule has 3 amide bonds. The predicted molar refractivity (Wildman–Crippen MR) is 302 cm³/mol. The number of aromatic nitrogens is 2. The zero-order valence-electron chi connectivity index (χ0n) is 40.1. The Morgan fingerprint density at radius 2 is 0.973 bits per heavy atom. The Hall–Kier alpha value is -6.54. The quantitative estimate of drug-likeness (QED) is 0.0585. The van der Waals surface area contributed by atoms with Crippen LogP contribution in [0.15, 0.2) is 155 Å². The van der Waals surface area contributed by atoms with Gasteiger partial charge < -0.3 is 36.3 Å². The summed E-state index contributed by atoms with van der Waals surface area (Å²) in [4.78, 5) is 59.1. The van der Waals surface area contributed by atoms with Crippen molar-refractivity contribution in [1.29, 1.82) is 0 Å². The lowest BCUT2D eigenvalue weighted by Gasteiger charge is -2.23. The molecule has 4 atom stereocenters. The van der Waals surface area contributed by atoms with Crippen LogP contribution in [0, 0.1) is 13.8 Å². The van der Waals surface area contributed by atoms with Gasteiger partial charge in [-0.25, -0.2) is 24.4 Å². The number of alkyl carbamates (subject to hydrolysis) is 2. The number of methoxy groups -OCH3 is 2. The van der Waals surface area contributed by atoms with Gasteiger partial charge in [-0.05, 0) is 71.8 Å². The second-order valence-electron chi connectivity index (χ2n) is 16.3. The fraction of sp³-hybridized carbons (Fsp3) is 0.236. The van der Waals surface area contributed by atoms with Gasteiger partial charge in [-0.15, -0.1) is 62.3 Å². The molecule has 8 rings (SSSR count). The molecule has 384 valence electrons. The highest BCUT2D eigenvalue weighted by molar-refractivity contribution is 8.93. The number of nitrogens with one attached hydrogen (secondary N) is 3. The maximum Gasteiger partial charge on any atom is 0.407 e. The van der Waals surface area contributed by atoms with Gasteiger partial charge in [-0.2, -0.15) is 0 Å². The fourth-order valence-corrected chi connectivity index (χ4v) is 10.4. The maximum absolute atomic E-state index is 13.5. The van der Waals surface area contributed by atoms with E-state index in [1.54, 1.807) is 57.5 Å². The first-order chi connectivity index (χ1) is 34.4. The summed E-state index contributed by atoms with van der Waals surface area (Å²) in [7, 11) is 2.48. The van der Waals surface area contributed by atoms with Gasteiger partial charge in [0.05, 0.1) is 47.4 Å². The van der Waals surface area contributed by atoms with Crippen molar-refractivity contribution in [2.75, 3.05) is 14.2 Å². The number of thiazole rings is 2. The van der Waals surface area contributed by atoms with Crippen LogP contribution < -0.4 is 21.7 Å². The normalized spacial score (nSPS) is 12.0. The number of rotatable bonds is 17. The Kier molecular flexibility index (Phi) is 24.6. The lowest BCUT2D eigenvalue weighted by atomic mass is 10.0. The third-order valence-electron chi connectivity index (χ3n) is 10.8. The van der Waals surface area contributed by atoms with Gasteiger partial charge in [0.2, 0.25) is 5.91 Å².